The van der Waals surface area contributed by atoms with Gasteiger partial charge >= 0.3 is 0 Å². The quantitative estimate of drug-likeness (QED) is 0.399. The number of quaternary nitrogens is 1. The average molecular weight is 134 g/mol. The Balaban J connectivity index is 3.58. The van der Waals surface area contributed by atoms with E-state index in [9.17, 15) is 0 Å². The zero-order valence-electron chi connectivity index (χ0n) is 6.33. The van der Waals surface area contributed by atoms with Crippen LogP contribution in [0.15, 0.2) is 0 Å². The summed E-state index contributed by atoms with van der Waals surface area (Å²) in [5.74, 6) is 0. The lowest BCUT2D eigenvalue weighted by atomic mass is 10.4. The number of aliphatic hydroxyl groups is 2. The molecule has 0 aromatic rings. The van der Waals surface area contributed by atoms with E-state index >= 15 is 0 Å². The third-order valence-electron chi connectivity index (χ3n) is 1.51. The molecule has 3 heteroatoms. The van der Waals surface area contributed by atoms with E-state index in [1.54, 1.807) is 0 Å². The lowest BCUT2D eigenvalue weighted by Crippen LogP contribution is -2.44. The number of rotatable bonds is 3. The Bertz CT molecular complexity index is 81.1. The summed E-state index contributed by atoms with van der Waals surface area (Å²) >= 11 is 0. The summed E-state index contributed by atoms with van der Waals surface area (Å²) in [5.41, 5.74) is 0. The Kier molecular flexibility index (Phi) is 3.11. The molecule has 3 nitrogen and oxygen atoms in total. The predicted octanol–water partition coefficient (Wildman–Crippen LogP) is -0.607. The van der Waals surface area contributed by atoms with Gasteiger partial charge in [-0.25, -0.2) is 0 Å². The topological polar surface area (TPSA) is 40.5 Å². The molecule has 0 saturated carbocycles. The van der Waals surface area contributed by atoms with Gasteiger partial charge in [-0.1, -0.05) is 0 Å². The van der Waals surface area contributed by atoms with Gasteiger partial charge in [-0.2, -0.15) is 0 Å². The van der Waals surface area contributed by atoms with Gasteiger partial charge in [-0.15, -0.1) is 0 Å². The highest BCUT2D eigenvalue weighted by Crippen LogP contribution is 1.95. The monoisotopic (exact) mass is 134 g/mol. The third kappa shape index (κ3) is 4.39. The number of hydrogen-bond donors (Lipinski definition) is 2. The Morgan fingerprint density at radius 3 is 1.89 bits per heavy atom. The fourth-order valence-corrected chi connectivity index (χ4v) is 0.571. The van der Waals surface area contributed by atoms with E-state index in [1.807, 2.05) is 21.0 Å². The number of nitrogens with zero attached hydrogens (tertiary/aromatic N) is 1. The van der Waals surface area contributed by atoms with Crippen LogP contribution < -0.4 is 0 Å². The molecule has 0 fully saturated rings. The van der Waals surface area contributed by atoms with E-state index in [0.717, 1.165) is 6.54 Å². The molecule has 0 amide bonds. The average Bonchev–Trinajstić information content (AvgIpc) is 1.63. The first kappa shape index (κ1) is 8.88. The van der Waals surface area contributed by atoms with Gasteiger partial charge in [0.05, 0.1) is 20.6 Å². The Morgan fingerprint density at radius 1 is 1.33 bits per heavy atom. The highest BCUT2D eigenvalue weighted by molar-refractivity contribution is 4.32. The third-order valence-corrected chi connectivity index (χ3v) is 1.51. The van der Waals surface area contributed by atoms with Gasteiger partial charge in [0.25, 0.3) is 0 Å². The second-order valence-electron chi connectivity index (χ2n) is 2.92. The van der Waals surface area contributed by atoms with E-state index in [0.29, 0.717) is 11.0 Å². The van der Waals surface area contributed by atoms with Crippen molar-refractivity contribution >= 4 is 0 Å². The van der Waals surface area contributed by atoms with Crippen LogP contribution >= 0.6 is 0 Å². The van der Waals surface area contributed by atoms with Crippen LogP contribution in [0.4, 0.5) is 0 Å². The molecule has 0 saturated heterocycles. The van der Waals surface area contributed by atoms with E-state index in [-0.39, 0.29) is 0 Å². The highest BCUT2D eigenvalue weighted by atomic mass is 16.5. The normalized spacial score (nSPS) is 12.7. The zero-order chi connectivity index (χ0) is 7.49. The molecule has 9 heavy (non-hydrogen) atoms. The molecule has 0 heterocycles. The Labute approximate surface area is 56.1 Å². The van der Waals surface area contributed by atoms with Gasteiger partial charge in [0.1, 0.15) is 6.54 Å². The molecule has 56 valence electrons. The molecule has 0 aliphatic carbocycles. The van der Waals surface area contributed by atoms with Crippen molar-refractivity contribution < 1.29 is 14.7 Å². The minimum absolute atomic E-state index is 0.399. The number of hydrogen-bond acceptors (Lipinski definition) is 2. The maximum Gasteiger partial charge on any atom is 0.202 e. The first-order chi connectivity index (χ1) is 3.98. The second kappa shape index (κ2) is 3.15. The van der Waals surface area contributed by atoms with Crippen LogP contribution in [-0.4, -0.2) is 48.2 Å². The van der Waals surface area contributed by atoms with E-state index in [2.05, 4.69) is 0 Å². The first-order valence-electron chi connectivity index (χ1n) is 3.16. The van der Waals surface area contributed by atoms with Crippen LogP contribution in [0.25, 0.3) is 0 Å². The summed E-state index contributed by atoms with van der Waals surface area (Å²) in [4.78, 5) is 0. The molecular formula is C6H16NO2+. The van der Waals surface area contributed by atoms with Crippen LogP contribution in [0.1, 0.15) is 6.92 Å². The molecular weight excluding hydrogens is 118 g/mol. The van der Waals surface area contributed by atoms with Crippen LogP contribution in [-0.2, 0) is 0 Å². The minimum Gasteiger partial charge on any atom is -0.364 e. The largest absolute Gasteiger partial charge is 0.364 e. The predicted molar refractivity (Wildman–Crippen MR) is 35.7 cm³/mol. The maximum atomic E-state index is 8.56. The van der Waals surface area contributed by atoms with Crippen molar-refractivity contribution in [1.82, 2.24) is 0 Å². The van der Waals surface area contributed by atoms with Crippen molar-refractivity contribution in [3.05, 3.63) is 0 Å². The van der Waals surface area contributed by atoms with Crippen LogP contribution in [0.2, 0.25) is 0 Å². The molecule has 0 radical (unpaired) electrons. The van der Waals surface area contributed by atoms with E-state index in [1.165, 1.54) is 0 Å². The molecule has 0 aromatic heterocycles. The summed E-state index contributed by atoms with van der Waals surface area (Å²) in [5, 5.41) is 17.1. The highest BCUT2D eigenvalue weighted by Gasteiger charge is 2.15. The van der Waals surface area contributed by atoms with Crippen molar-refractivity contribution in [2.24, 2.45) is 0 Å². The van der Waals surface area contributed by atoms with Gasteiger partial charge in [-0.3, -0.25) is 0 Å². The summed E-state index contributed by atoms with van der Waals surface area (Å²) in [6.07, 6.45) is -1.18. The van der Waals surface area contributed by atoms with E-state index < -0.39 is 6.29 Å². The van der Waals surface area contributed by atoms with Gasteiger partial charge < -0.3 is 14.7 Å². The van der Waals surface area contributed by atoms with Crippen molar-refractivity contribution in [3.63, 3.8) is 0 Å². The summed E-state index contributed by atoms with van der Waals surface area (Å²) in [6, 6.07) is 0. The minimum atomic E-state index is -1.18. The summed E-state index contributed by atoms with van der Waals surface area (Å²) in [6.45, 7) is 3.33. The zero-order valence-corrected chi connectivity index (χ0v) is 6.33. The van der Waals surface area contributed by atoms with Crippen LogP contribution in [0.3, 0.4) is 0 Å². The van der Waals surface area contributed by atoms with Gasteiger partial charge in [0.2, 0.25) is 6.29 Å². The molecule has 0 aliphatic rings. The van der Waals surface area contributed by atoms with Gasteiger partial charge in [0, 0.05) is 0 Å². The molecule has 0 spiro atoms. The molecule has 0 aliphatic heterocycles. The summed E-state index contributed by atoms with van der Waals surface area (Å²) < 4.78 is 0.650. The van der Waals surface area contributed by atoms with Crippen molar-refractivity contribution in [3.8, 4) is 0 Å². The smallest absolute Gasteiger partial charge is 0.202 e. The lowest BCUT2D eigenvalue weighted by molar-refractivity contribution is -0.894. The molecule has 0 unspecified atom stereocenters. The van der Waals surface area contributed by atoms with Gasteiger partial charge in [0.15, 0.2) is 0 Å². The van der Waals surface area contributed by atoms with Crippen LogP contribution in [0.5, 0.6) is 0 Å². The fourth-order valence-electron chi connectivity index (χ4n) is 0.571. The molecule has 0 rings (SSSR count). The van der Waals surface area contributed by atoms with Crippen molar-refractivity contribution in [2.75, 3.05) is 27.2 Å². The Morgan fingerprint density at radius 2 is 1.78 bits per heavy atom. The molecule has 0 bridgehead atoms. The molecule has 2 N–H and O–H groups in total. The van der Waals surface area contributed by atoms with Gasteiger partial charge in [-0.05, 0) is 6.92 Å². The van der Waals surface area contributed by atoms with E-state index in [4.69, 9.17) is 10.2 Å². The lowest BCUT2D eigenvalue weighted by Gasteiger charge is -2.28. The summed E-state index contributed by atoms with van der Waals surface area (Å²) in [7, 11) is 3.92. The second-order valence-corrected chi connectivity index (χ2v) is 2.92. The van der Waals surface area contributed by atoms with Crippen molar-refractivity contribution in [1.29, 1.82) is 0 Å². The molecule has 0 aromatic carbocycles. The Hall–Kier alpha value is -0.120. The van der Waals surface area contributed by atoms with Crippen molar-refractivity contribution in [2.45, 2.75) is 13.2 Å². The maximum absolute atomic E-state index is 8.56. The first-order valence-corrected chi connectivity index (χ1v) is 3.16. The van der Waals surface area contributed by atoms with Crippen LogP contribution in [0, 0.1) is 0 Å². The fraction of sp³-hybridized carbons (Fsp3) is 1.00. The molecule has 0 atom stereocenters. The SMILES string of the molecule is CC[N+](C)(C)CC(O)O. The standard InChI is InChI=1S/C6H16NO2/c1-4-7(2,3)5-6(8)9/h6,8-9H,4-5H2,1-3H3/q+1. The number of likely N-dealkylation sites (N-methyl/N-ethyl adjacent to an activating group) is 1. The number of aliphatic hydroxyl groups excluding tert-OH is 1.